The van der Waals surface area contributed by atoms with Crippen molar-refractivity contribution in [2.24, 2.45) is 0 Å². The molecule has 0 amide bonds. The number of nitro benzene ring substituents is 2. The third-order valence-corrected chi connectivity index (χ3v) is 6.19. The van der Waals surface area contributed by atoms with Crippen molar-refractivity contribution in [1.82, 2.24) is 0 Å². The molecule has 0 saturated carbocycles. The Kier molecular flexibility index (Phi) is 5.91. The molecule has 0 unspecified atom stereocenters. The second-order valence-corrected chi connectivity index (χ2v) is 7.94. The number of rotatable bonds is 4. The highest BCUT2D eigenvalue weighted by Gasteiger charge is 2.40. The van der Waals surface area contributed by atoms with Crippen molar-refractivity contribution in [2.45, 2.75) is 4.34 Å². The molecule has 0 spiro atoms. The fourth-order valence-corrected chi connectivity index (χ4v) is 4.92. The predicted molar refractivity (Wildman–Crippen MR) is 104 cm³/mol. The van der Waals surface area contributed by atoms with E-state index in [0.717, 1.165) is 4.34 Å². The Balaban J connectivity index is 0.00000240. The monoisotopic (exact) mass is 491 g/mol. The zero-order chi connectivity index (χ0) is 19.8. The summed E-state index contributed by atoms with van der Waals surface area (Å²) in [4.78, 5) is 34.1. The number of allylic oxidation sites excluding steroid dienone is 1. The minimum atomic E-state index is -0.482. The second-order valence-electron chi connectivity index (χ2n) is 5.79. The van der Waals surface area contributed by atoms with Gasteiger partial charge in [-0.3, -0.25) is 20.2 Å². The minimum Gasteiger partial charge on any atom is -1.00 e. The minimum absolute atomic E-state index is 0. The number of nitrogens with zero attached hydrogens (tertiary/aromatic N) is 3. The summed E-state index contributed by atoms with van der Waals surface area (Å²) >= 11 is 2.68. The first-order chi connectivity index (χ1) is 13.4. The number of nitro groups is 2. The van der Waals surface area contributed by atoms with Crippen LogP contribution in [0, 0.1) is 20.2 Å². The Bertz CT molecular complexity index is 1170. The first-order valence-corrected chi connectivity index (χ1v) is 9.61. The number of non-ortho nitro benzene ring substituents is 2. The Morgan fingerprint density at radius 3 is 2.31 bits per heavy atom. The van der Waals surface area contributed by atoms with Crippen LogP contribution in [0.15, 0.2) is 63.2 Å². The molecule has 4 rings (SSSR count). The Hall–Kier alpha value is -2.89. The van der Waals surface area contributed by atoms with Crippen LogP contribution >= 0.6 is 23.1 Å². The van der Waals surface area contributed by atoms with Gasteiger partial charge >= 0.3 is 10.2 Å². The highest BCUT2D eigenvalue weighted by molar-refractivity contribution is 8.05. The first-order valence-electron chi connectivity index (χ1n) is 7.91. The fourth-order valence-electron chi connectivity index (χ4n) is 2.74. The molecule has 29 heavy (non-hydrogen) atoms. The van der Waals surface area contributed by atoms with Gasteiger partial charge in [0.25, 0.3) is 11.4 Å². The molecule has 0 fully saturated rings. The van der Waals surface area contributed by atoms with E-state index >= 15 is 0 Å². The SMILES string of the molecule is O=C1/C(=C/c2cccc([N+](=O)[O-])c2)Sc2scc(-c3ccc([N+](=O)[O-])cc3)[n+]21.[Br-]. The molecule has 8 nitrogen and oxygen atoms in total. The predicted octanol–water partition coefficient (Wildman–Crippen LogP) is 1.31. The number of halogens is 1. The Labute approximate surface area is 182 Å². The van der Waals surface area contributed by atoms with Crippen molar-refractivity contribution in [1.29, 1.82) is 0 Å². The second kappa shape index (κ2) is 8.23. The third-order valence-electron chi connectivity index (χ3n) is 4.06. The van der Waals surface area contributed by atoms with Gasteiger partial charge < -0.3 is 17.0 Å². The maximum absolute atomic E-state index is 12.9. The van der Waals surface area contributed by atoms with E-state index in [-0.39, 0.29) is 34.3 Å². The van der Waals surface area contributed by atoms with E-state index in [1.54, 1.807) is 34.9 Å². The fraction of sp³-hybridized carbons (Fsp3) is 0. The maximum atomic E-state index is 12.9. The van der Waals surface area contributed by atoms with Crippen LogP contribution in [0.4, 0.5) is 11.4 Å². The maximum Gasteiger partial charge on any atom is 0.433 e. The van der Waals surface area contributed by atoms with Crippen LogP contribution in [0.2, 0.25) is 0 Å². The van der Waals surface area contributed by atoms with Crippen molar-refractivity contribution in [2.75, 3.05) is 0 Å². The van der Waals surface area contributed by atoms with Gasteiger partial charge in [0, 0.05) is 41.6 Å². The highest BCUT2D eigenvalue weighted by atomic mass is 79.9. The van der Waals surface area contributed by atoms with Crippen molar-refractivity contribution < 1.29 is 36.2 Å². The molecule has 11 heteroatoms. The summed E-state index contributed by atoms with van der Waals surface area (Å²) in [5, 5.41) is 23.6. The van der Waals surface area contributed by atoms with E-state index in [1.165, 1.54) is 47.4 Å². The summed E-state index contributed by atoms with van der Waals surface area (Å²) in [6, 6.07) is 12.1. The van der Waals surface area contributed by atoms with Crippen molar-refractivity contribution in [3.05, 3.63) is 84.6 Å². The van der Waals surface area contributed by atoms with Crippen LogP contribution in [0.25, 0.3) is 17.3 Å². The van der Waals surface area contributed by atoms with E-state index in [9.17, 15) is 25.0 Å². The standard InChI is InChI=1S/C18H10N3O5S2.BrH/c22-17-16(9-11-2-1-3-14(8-11)21(25)26)28-18-19(17)15(10-27-18)12-4-6-13(7-5-12)20(23)24;/h1-10H;1H/q+1;/p-1/b16-9-;. The number of hydrogen-bond acceptors (Lipinski definition) is 7. The van der Waals surface area contributed by atoms with Crippen LogP contribution < -0.4 is 21.5 Å². The quantitative estimate of drug-likeness (QED) is 0.235. The molecule has 1 aromatic heterocycles. The van der Waals surface area contributed by atoms with Crippen molar-refractivity contribution in [3.8, 4) is 11.3 Å². The molecule has 3 aromatic rings. The van der Waals surface area contributed by atoms with Crippen molar-refractivity contribution in [3.63, 3.8) is 0 Å². The lowest BCUT2D eigenvalue weighted by Gasteiger charge is -1.96. The zero-order valence-electron chi connectivity index (χ0n) is 14.4. The summed E-state index contributed by atoms with van der Waals surface area (Å²) in [5.74, 6) is -0.235. The molecule has 0 N–H and O–H groups in total. The van der Waals surface area contributed by atoms with Gasteiger partial charge in [0.1, 0.15) is 4.91 Å². The smallest absolute Gasteiger partial charge is 0.433 e. The third kappa shape index (κ3) is 3.97. The van der Waals surface area contributed by atoms with Crippen LogP contribution in [0.5, 0.6) is 0 Å². The van der Waals surface area contributed by atoms with E-state index < -0.39 is 9.85 Å². The molecule has 0 saturated heterocycles. The Morgan fingerprint density at radius 1 is 0.966 bits per heavy atom. The largest absolute Gasteiger partial charge is 1.00 e. The van der Waals surface area contributed by atoms with Crippen LogP contribution in [0.1, 0.15) is 10.4 Å². The van der Waals surface area contributed by atoms with Gasteiger partial charge in [-0.1, -0.05) is 23.5 Å². The number of thioether (sulfide) groups is 1. The lowest BCUT2D eigenvalue weighted by atomic mass is 10.1. The van der Waals surface area contributed by atoms with Gasteiger partial charge in [-0.15, -0.1) is 4.57 Å². The number of fused-ring (bicyclic) bond motifs is 1. The summed E-state index contributed by atoms with van der Waals surface area (Å²) in [5.41, 5.74) is 1.84. The van der Waals surface area contributed by atoms with Gasteiger partial charge in [-0.25, -0.2) is 4.79 Å². The van der Waals surface area contributed by atoms with Gasteiger partial charge in [0.2, 0.25) is 5.69 Å². The number of carbonyl (C=O) groups excluding carboxylic acids is 1. The number of hydrogen-bond donors (Lipinski definition) is 0. The van der Waals surface area contributed by atoms with Crippen molar-refractivity contribution >= 4 is 46.5 Å². The van der Waals surface area contributed by atoms with Gasteiger partial charge in [-0.05, 0) is 23.8 Å². The molecule has 146 valence electrons. The topological polar surface area (TPSA) is 107 Å². The number of benzene rings is 2. The van der Waals surface area contributed by atoms with E-state index in [1.807, 2.05) is 5.38 Å². The normalized spacial score (nSPS) is 13.8. The van der Waals surface area contributed by atoms with E-state index in [0.29, 0.717) is 21.7 Å². The molecule has 0 aliphatic carbocycles. The Morgan fingerprint density at radius 2 is 1.66 bits per heavy atom. The molecule has 2 heterocycles. The van der Waals surface area contributed by atoms with Gasteiger partial charge in [0.15, 0.2) is 0 Å². The number of thiazole rings is 1. The molecule has 0 radical (unpaired) electrons. The van der Waals surface area contributed by atoms with Crippen LogP contribution in [-0.2, 0) is 0 Å². The number of aromatic nitrogens is 1. The van der Waals surface area contributed by atoms with E-state index in [4.69, 9.17) is 0 Å². The highest BCUT2D eigenvalue weighted by Crippen LogP contribution is 2.38. The molecular weight excluding hydrogens is 482 g/mol. The average molecular weight is 492 g/mol. The molecule has 0 atom stereocenters. The molecule has 2 aromatic carbocycles. The lowest BCUT2D eigenvalue weighted by Crippen LogP contribution is -3.00. The molecule has 1 aliphatic rings. The number of carbonyl (C=O) groups is 1. The summed E-state index contributed by atoms with van der Waals surface area (Å²) in [7, 11) is 0. The lowest BCUT2D eigenvalue weighted by molar-refractivity contribution is -0.588. The van der Waals surface area contributed by atoms with E-state index in [2.05, 4.69) is 0 Å². The first kappa shape index (κ1) is 20.8. The zero-order valence-corrected chi connectivity index (χ0v) is 17.6. The van der Waals surface area contributed by atoms with Crippen LogP contribution in [0.3, 0.4) is 0 Å². The summed E-state index contributed by atoms with van der Waals surface area (Å²) in [6.07, 6.45) is 1.62. The van der Waals surface area contributed by atoms with Gasteiger partial charge in [0.05, 0.1) is 15.2 Å². The molecular formula is C18H10BrN3O5S2. The summed E-state index contributed by atoms with van der Waals surface area (Å²) in [6.45, 7) is 0. The average Bonchev–Trinajstić information content (AvgIpc) is 3.23. The van der Waals surface area contributed by atoms with Gasteiger partial charge in [-0.2, -0.15) is 0 Å². The van der Waals surface area contributed by atoms with Crippen LogP contribution in [-0.4, -0.2) is 15.8 Å². The summed E-state index contributed by atoms with van der Waals surface area (Å²) < 4.78 is 2.31. The molecule has 0 bridgehead atoms. The molecule has 1 aliphatic heterocycles.